The number of fused-ring (bicyclic) bond motifs is 1. The van der Waals surface area contributed by atoms with Crippen molar-refractivity contribution in [3.8, 4) is 6.07 Å². The lowest BCUT2D eigenvalue weighted by atomic mass is 9.85. The Labute approximate surface area is 168 Å². The van der Waals surface area contributed by atoms with Crippen molar-refractivity contribution in [1.29, 1.82) is 5.26 Å². The maximum atomic E-state index is 12.5. The zero-order valence-corrected chi connectivity index (χ0v) is 15.8. The molecule has 1 heterocycles. The molecule has 0 bridgehead atoms. The molecule has 1 aliphatic heterocycles. The average Bonchev–Trinajstić information content (AvgIpc) is 2.98. The number of nitrogens with zero attached hydrogens (tertiary/aromatic N) is 3. The van der Waals surface area contributed by atoms with Crippen molar-refractivity contribution in [1.82, 2.24) is 4.90 Å². The van der Waals surface area contributed by atoms with E-state index in [9.17, 15) is 19.2 Å². The molecule has 3 rings (SSSR count). The van der Waals surface area contributed by atoms with Crippen molar-refractivity contribution in [2.45, 2.75) is 19.3 Å². The highest BCUT2D eigenvalue weighted by molar-refractivity contribution is 6.07. The van der Waals surface area contributed by atoms with Gasteiger partial charge in [0.1, 0.15) is 6.54 Å². The maximum absolute atomic E-state index is 12.5. The molecule has 0 N–H and O–H groups in total. The van der Waals surface area contributed by atoms with Crippen LogP contribution >= 0.6 is 0 Å². The van der Waals surface area contributed by atoms with Crippen LogP contribution in [-0.4, -0.2) is 48.3 Å². The lowest BCUT2D eigenvalue weighted by molar-refractivity contribution is -0.154. The fourth-order valence-corrected chi connectivity index (χ4v) is 3.59. The van der Waals surface area contributed by atoms with Crippen LogP contribution in [0.25, 0.3) is 0 Å². The number of likely N-dealkylation sites (tertiary alicyclic amines) is 1. The van der Waals surface area contributed by atoms with Crippen LogP contribution < -0.4 is 4.90 Å². The van der Waals surface area contributed by atoms with Crippen LogP contribution in [0.5, 0.6) is 0 Å². The number of carbonyl (C=O) groups excluding carboxylic acids is 4. The van der Waals surface area contributed by atoms with E-state index in [2.05, 4.69) is 0 Å². The van der Waals surface area contributed by atoms with E-state index in [0.29, 0.717) is 18.5 Å². The van der Waals surface area contributed by atoms with Crippen LogP contribution in [0.2, 0.25) is 0 Å². The molecule has 2 atom stereocenters. The Morgan fingerprint density at radius 2 is 1.72 bits per heavy atom. The summed E-state index contributed by atoms with van der Waals surface area (Å²) in [5.74, 6) is -2.88. The van der Waals surface area contributed by atoms with Crippen LogP contribution in [0, 0.1) is 23.2 Å². The van der Waals surface area contributed by atoms with Gasteiger partial charge in [0, 0.05) is 12.2 Å². The summed E-state index contributed by atoms with van der Waals surface area (Å²) in [6, 6.07) is 10.7. The number of allylic oxidation sites excluding steroid dienone is 2. The van der Waals surface area contributed by atoms with Gasteiger partial charge in [0.2, 0.25) is 11.8 Å². The second-order valence-electron chi connectivity index (χ2n) is 6.87. The molecule has 8 nitrogen and oxygen atoms in total. The molecule has 1 aromatic rings. The normalized spacial score (nSPS) is 20.2. The highest BCUT2D eigenvalue weighted by Gasteiger charge is 2.47. The van der Waals surface area contributed by atoms with Gasteiger partial charge in [-0.05, 0) is 25.0 Å². The van der Waals surface area contributed by atoms with E-state index in [-0.39, 0.29) is 24.8 Å². The summed E-state index contributed by atoms with van der Waals surface area (Å²) < 4.78 is 5.02. The van der Waals surface area contributed by atoms with Gasteiger partial charge in [0.05, 0.1) is 24.3 Å². The second-order valence-corrected chi connectivity index (χ2v) is 6.87. The number of nitriles is 1. The number of benzene rings is 1. The summed E-state index contributed by atoms with van der Waals surface area (Å²) in [7, 11) is 0. The van der Waals surface area contributed by atoms with Crippen molar-refractivity contribution < 1.29 is 23.9 Å². The fraction of sp³-hybridized carbons (Fsp3) is 0.381. The molecular formula is C21H21N3O5. The molecule has 29 heavy (non-hydrogen) atoms. The SMILES string of the molecule is N#CCCN(C(=O)COC(=O)CN1C(=O)C2CC=CCC2C1=O)c1ccccc1. The minimum Gasteiger partial charge on any atom is -0.454 e. The fourth-order valence-electron chi connectivity index (χ4n) is 3.59. The first-order valence-electron chi connectivity index (χ1n) is 9.41. The minimum atomic E-state index is -0.819. The number of esters is 1. The molecule has 1 aromatic carbocycles. The monoisotopic (exact) mass is 395 g/mol. The van der Waals surface area contributed by atoms with Crippen molar-refractivity contribution in [3.05, 3.63) is 42.5 Å². The number of anilines is 1. The number of imide groups is 1. The second kappa shape index (κ2) is 9.15. The molecule has 1 fully saturated rings. The number of hydrogen-bond acceptors (Lipinski definition) is 6. The van der Waals surface area contributed by atoms with Gasteiger partial charge in [0.25, 0.3) is 5.91 Å². The Balaban J connectivity index is 1.57. The molecule has 0 aromatic heterocycles. The average molecular weight is 395 g/mol. The van der Waals surface area contributed by atoms with Gasteiger partial charge in [0.15, 0.2) is 6.61 Å². The molecule has 150 valence electrons. The van der Waals surface area contributed by atoms with Gasteiger partial charge in [-0.2, -0.15) is 5.26 Å². The smallest absolute Gasteiger partial charge is 0.326 e. The molecule has 2 unspecified atom stereocenters. The van der Waals surface area contributed by atoms with Crippen molar-refractivity contribution >= 4 is 29.4 Å². The van der Waals surface area contributed by atoms with Gasteiger partial charge in [-0.1, -0.05) is 30.4 Å². The molecule has 2 aliphatic rings. The first-order chi connectivity index (χ1) is 14.0. The topological polar surface area (TPSA) is 108 Å². The standard InChI is InChI=1S/C21H21N3O5/c22-11-6-12-23(15-7-2-1-3-8-15)18(25)14-29-19(26)13-24-20(27)16-9-4-5-10-17(16)21(24)28/h1-5,7-8,16-17H,6,9-10,12-14H2. The van der Waals surface area contributed by atoms with E-state index < -0.39 is 36.9 Å². The van der Waals surface area contributed by atoms with Crippen molar-refractivity contribution in [2.75, 3.05) is 24.6 Å². The zero-order valence-electron chi connectivity index (χ0n) is 15.8. The maximum Gasteiger partial charge on any atom is 0.326 e. The van der Waals surface area contributed by atoms with E-state index in [1.165, 1.54) is 4.90 Å². The van der Waals surface area contributed by atoms with E-state index in [1.54, 1.807) is 30.3 Å². The van der Waals surface area contributed by atoms with E-state index in [4.69, 9.17) is 10.00 Å². The number of para-hydroxylation sites is 1. The van der Waals surface area contributed by atoms with E-state index in [0.717, 1.165) is 4.90 Å². The first kappa shape index (κ1) is 20.3. The largest absolute Gasteiger partial charge is 0.454 e. The van der Waals surface area contributed by atoms with Crippen LogP contribution in [0.4, 0.5) is 5.69 Å². The van der Waals surface area contributed by atoms with Gasteiger partial charge >= 0.3 is 5.97 Å². The van der Waals surface area contributed by atoms with Crippen LogP contribution in [0.15, 0.2) is 42.5 Å². The Bertz CT molecular complexity index is 848. The summed E-state index contributed by atoms with van der Waals surface area (Å²) >= 11 is 0. The lowest BCUT2D eigenvalue weighted by Gasteiger charge is -2.22. The Hall–Kier alpha value is -3.47. The summed E-state index contributed by atoms with van der Waals surface area (Å²) in [6.45, 7) is -0.873. The third-order valence-corrected chi connectivity index (χ3v) is 5.06. The summed E-state index contributed by atoms with van der Waals surface area (Å²) in [4.78, 5) is 51.8. The lowest BCUT2D eigenvalue weighted by Crippen LogP contribution is -2.39. The van der Waals surface area contributed by atoms with Crippen molar-refractivity contribution in [3.63, 3.8) is 0 Å². The Morgan fingerprint density at radius 3 is 2.31 bits per heavy atom. The number of amides is 3. The third kappa shape index (κ3) is 4.51. The molecule has 0 saturated carbocycles. The van der Waals surface area contributed by atoms with Gasteiger partial charge in [-0.25, -0.2) is 0 Å². The Morgan fingerprint density at radius 1 is 1.10 bits per heavy atom. The van der Waals surface area contributed by atoms with E-state index in [1.807, 2.05) is 18.2 Å². The zero-order chi connectivity index (χ0) is 20.8. The van der Waals surface area contributed by atoms with Gasteiger partial charge < -0.3 is 9.64 Å². The summed E-state index contributed by atoms with van der Waals surface area (Å²) in [6.07, 6.45) is 4.84. The number of carbonyl (C=O) groups is 4. The highest BCUT2D eigenvalue weighted by Crippen LogP contribution is 2.34. The first-order valence-corrected chi connectivity index (χ1v) is 9.41. The molecule has 0 spiro atoms. The van der Waals surface area contributed by atoms with Gasteiger partial charge in [-0.15, -0.1) is 0 Å². The molecule has 1 aliphatic carbocycles. The summed E-state index contributed by atoms with van der Waals surface area (Å²) in [5, 5.41) is 8.81. The highest BCUT2D eigenvalue weighted by atomic mass is 16.5. The Kier molecular flexibility index (Phi) is 6.39. The van der Waals surface area contributed by atoms with Crippen molar-refractivity contribution in [2.24, 2.45) is 11.8 Å². The minimum absolute atomic E-state index is 0.127. The number of rotatable bonds is 7. The third-order valence-electron chi connectivity index (χ3n) is 5.06. The number of hydrogen-bond donors (Lipinski definition) is 0. The van der Waals surface area contributed by atoms with Crippen LogP contribution in [0.1, 0.15) is 19.3 Å². The van der Waals surface area contributed by atoms with Crippen LogP contribution in [-0.2, 0) is 23.9 Å². The molecule has 1 saturated heterocycles. The molecule has 8 heteroatoms. The predicted octanol–water partition coefficient (Wildman–Crippen LogP) is 1.43. The molecular weight excluding hydrogens is 374 g/mol. The molecule has 3 amide bonds. The van der Waals surface area contributed by atoms with Crippen LogP contribution in [0.3, 0.4) is 0 Å². The van der Waals surface area contributed by atoms with Gasteiger partial charge in [-0.3, -0.25) is 24.1 Å². The molecule has 0 radical (unpaired) electrons. The number of ether oxygens (including phenoxy) is 1. The summed E-state index contributed by atoms with van der Waals surface area (Å²) in [5.41, 5.74) is 0.588. The van der Waals surface area contributed by atoms with E-state index >= 15 is 0 Å². The predicted molar refractivity (Wildman–Crippen MR) is 102 cm³/mol. The quantitative estimate of drug-likeness (QED) is 0.393.